The van der Waals surface area contributed by atoms with E-state index in [4.69, 9.17) is 10.6 Å². The average Bonchev–Trinajstić information content (AvgIpc) is 3.31. The van der Waals surface area contributed by atoms with Crippen molar-refractivity contribution in [1.82, 2.24) is 15.2 Å². The number of β-lactam (4-membered cyclic amide) rings is 1. The van der Waals surface area contributed by atoms with Gasteiger partial charge >= 0.3 is 5.97 Å². The molecule has 0 unspecified atom stereocenters. The van der Waals surface area contributed by atoms with E-state index in [0.29, 0.717) is 23.5 Å². The van der Waals surface area contributed by atoms with Gasteiger partial charge in [0.15, 0.2) is 16.0 Å². The number of carbonyl (C=O) groups is 4. The normalized spacial score (nSPS) is 18.9. The van der Waals surface area contributed by atoms with Crippen molar-refractivity contribution in [3.8, 4) is 0 Å². The van der Waals surface area contributed by atoms with Crippen molar-refractivity contribution in [2.24, 2.45) is 5.16 Å². The first kappa shape index (κ1) is 28.6. The van der Waals surface area contributed by atoms with Gasteiger partial charge in [-0.15, -0.1) is 23.1 Å². The van der Waals surface area contributed by atoms with E-state index in [2.05, 4.69) is 15.5 Å². The van der Waals surface area contributed by atoms with E-state index < -0.39 is 29.2 Å². The Morgan fingerprint density at radius 1 is 1.31 bits per heavy atom. The molecule has 0 aliphatic carbocycles. The number of rotatable bonds is 9. The van der Waals surface area contributed by atoms with Crippen molar-refractivity contribution in [2.45, 2.75) is 44.4 Å². The van der Waals surface area contributed by atoms with Gasteiger partial charge in [-0.05, 0) is 48.1 Å². The largest absolute Gasteiger partial charge is 0.477 e. The Morgan fingerprint density at radius 2 is 2.00 bits per heavy atom. The molecule has 2 aliphatic rings. The fourth-order valence-electron chi connectivity index (χ4n) is 4.56. The molecule has 206 valence electrons. The zero-order valence-electron chi connectivity index (χ0n) is 21.6. The molecule has 14 heteroatoms. The fourth-order valence-corrected chi connectivity index (χ4v) is 6.99. The molecule has 4 N–H and O–H groups in total. The number of anilines is 1. The Morgan fingerprint density at radius 3 is 2.56 bits per heavy atom. The van der Waals surface area contributed by atoms with Crippen molar-refractivity contribution in [3.05, 3.63) is 56.7 Å². The molecule has 0 radical (unpaired) electrons. The smallest absolute Gasteiger partial charge is 0.352 e. The minimum atomic E-state index is -1.20. The van der Waals surface area contributed by atoms with Gasteiger partial charge in [-0.25, -0.2) is 9.78 Å². The molecule has 1 aromatic carbocycles. The molecule has 2 atom stereocenters. The lowest BCUT2D eigenvalue weighted by Crippen LogP contribution is -2.71. The highest BCUT2D eigenvalue weighted by Crippen LogP contribution is 2.41. The number of aromatic nitrogens is 1. The van der Waals surface area contributed by atoms with Gasteiger partial charge in [0.1, 0.15) is 29.9 Å². The minimum absolute atomic E-state index is 0.0446. The number of thioether (sulfide) groups is 2. The van der Waals surface area contributed by atoms with Gasteiger partial charge in [-0.2, -0.15) is 0 Å². The Kier molecular flexibility index (Phi) is 8.67. The van der Waals surface area contributed by atoms with Gasteiger partial charge in [0.25, 0.3) is 11.8 Å². The number of fused-ring (bicyclic) bond motifs is 1. The summed E-state index contributed by atoms with van der Waals surface area (Å²) < 4.78 is 0. The summed E-state index contributed by atoms with van der Waals surface area (Å²) in [5.41, 5.74) is 10.3. The first-order chi connectivity index (χ1) is 18.5. The molecular formula is C25H27N5O6S3. The van der Waals surface area contributed by atoms with E-state index in [9.17, 15) is 24.3 Å². The molecule has 0 saturated carbocycles. The quantitative estimate of drug-likeness (QED) is 0.225. The number of amides is 2. The maximum atomic E-state index is 13.1. The number of hydrogen-bond acceptors (Lipinski definition) is 11. The van der Waals surface area contributed by atoms with Gasteiger partial charge in [0, 0.05) is 23.8 Å². The highest BCUT2D eigenvalue weighted by Gasteiger charge is 2.54. The van der Waals surface area contributed by atoms with Crippen LogP contribution in [0.1, 0.15) is 34.9 Å². The van der Waals surface area contributed by atoms with Crippen molar-refractivity contribution in [3.63, 3.8) is 0 Å². The van der Waals surface area contributed by atoms with Crippen LogP contribution in [0.3, 0.4) is 0 Å². The maximum Gasteiger partial charge on any atom is 0.352 e. The lowest BCUT2D eigenvalue weighted by Gasteiger charge is -2.49. The summed E-state index contributed by atoms with van der Waals surface area (Å²) in [4.78, 5) is 59.8. The Labute approximate surface area is 237 Å². The number of oxime groups is 1. The Bertz CT molecular complexity index is 1400. The van der Waals surface area contributed by atoms with E-state index in [0.717, 1.165) is 33.6 Å². The van der Waals surface area contributed by atoms with E-state index in [-0.39, 0.29) is 27.3 Å². The molecule has 2 aromatic rings. The maximum absolute atomic E-state index is 13.1. The second-order valence-corrected chi connectivity index (χ2v) is 12.1. The zero-order valence-corrected chi connectivity index (χ0v) is 24.1. The number of aliphatic carboxylic acids is 1. The van der Waals surface area contributed by atoms with E-state index in [1.807, 2.05) is 26.0 Å². The van der Waals surface area contributed by atoms with Gasteiger partial charge in [0.05, 0.1) is 0 Å². The molecule has 1 fully saturated rings. The van der Waals surface area contributed by atoms with Crippen LogP contribution >= 0.6 is 34.9 Å². The Hall–Kier alpha value is -3.36. The van der Waals surface area contributed by atoms with Gasteiger partial charge in [0.2, 0.25) is 0 Å². The summed E-state index contributed by atoms with van der Waals surface area (Å²) >= 11 is 3.76. The van der Waals surface area contributed by atoms with Crippen LogP contribution in [-0.2, 0) is 36.2 Å². The first-order valence-electron chi connectivity index (χ1n) is 11.8. The van der Waals surface area contributed by atoms with Crippen LogP contribution in [0.15, 0.2) is 33.9 Å². The highest BCUT2D eigenvalue weighted by atomic mass is 32.2. The molecule has 0 spiro atoms. The highest BCUT2D eigenvalue weighted by molar-refractivity contribution is 8.12. The topological polar surface area (TPSA) is 164 Å². The van der Waals surface area contributed by atoms with Crippen LogP contribution in [0.4, 0.5) is 5.13 Å². The lowest BCUT2D eigenvalue weighted by molar-refractivity contribution is -0.150. The van der Waals surface area contributed by atoms with Crippen molar-refractivity contribution < 1.29 is 29.1 Å². The molecule has 1 aromatic heterocycles. The lowest BCUT2D eigenvalue weighted by atomic mass is 9.92. The number of hydrogen-bond donors (Lipinski definition) is 3. The number of nitrogens with one attached hydrogen (secondary N) is 1. The summed E-state index contributed by atoms with van der Waals surface area (Å²) in [6, 6.07) is 3.08. The number of benzene rings is 1. The van der Waals surface area contributed by atoms with Crippen LogP contribution in [0.2, 0.25) is 0 Å². The molecule has 3 heterocycles. The van der Waals surface area contributed by atoms with E-state index in [1.54, 1.807) is 5.38 Å². The molecule has 4 rings (SSSR count). The monoisotopic (exact) mass is 589 g/mol. The van der Waals surface area contributed by atoms with Crippen molar-refractivity contribution in [1.29, 1.82) is 0 Å². The van der Waals surface area contributed by atoms with Gasteiger partial charge in [-0.1, -0.05) is 29.1 Å². The van der Waals surface area contributed by atoms with Crippen LogP contribution < -0.4 is 11.1 Å². The third kappa shape index (κ3) is 5.97. The van der Waals surface area contributed by atoms with Gasteiger partial charge in [-0.3, -0.25) is 19.3 Å². The molecule has 1 saturated heterocycles. The van der Waals surface area contributed by atoms with Crippen LogP contribution in [0, 0.1) is 13.8 Å². The number of carboxylic acids is 1. The summed E-state index contributed by atoms with van der Waals surface area (Å²) in [7, 11) is 1.28. The molecule has 2 amide bonds. The second-order valence-electron chi connectivity index (χ2n) is 8.98. The molecule has 39 heavy (non-hydrogen) atoms. The van der Waals surface area contributed by atoms with Crippen molar-refractivity contribution in [2.75, 3.05) is 18.6 Å². The van der Waals surface area contributed by atoms with E-state index in [1.165, 1.54) is 42.5 Å². The first-order valence-corrected chi connectivity index (χ1v) is 14.7. The number of aryl methyl sites for hydroxylation is 2. The number of nitrogens with two attached hydrogens (primary N) is 1. The number of carbonyl (C=O) groups excluding carboxylic acids is 3. The molecule has 11 nitrogen and oxygen atoms in total. The second kappa shape index (κ2) is 11.8. The standard InChI is InChI=1S/C25H27N5O6S3/c1-11-5-14(8-37-13(3)31)6-12(2)16(11)7-15-9-38-23-19(22(33)30(23)20(15)24(34)35)28-21(32)18(29-36-4)17-10-39-25(26)27-17/h5-6,10,19,23H,7-9H2,1-4H3,(H2,26,27)(H,28,32)(H,34,35)/b29-18-/t19-,23-/m1/s1. The summed E-state index contributed by atoms with van der Waals surface area (Å²) in [5, 5.41) is 17.7. The third-order valence-corrected chi connectivity index (χ3v) is 9.18. The predicted molar refractivity (Wildman–Crippen MR) is 151 cm³/mol. The number of thiazole rings is 1. The summed E-state index contributed by atoms with van der Waals surface area (Å²) in [6.07, 6.45) is 0.371. The van der Waals surface area contributed by atoms with Crippen LogP contribution in [0.25, 0.3) is 0 Å². The van der Waals surface area contributed by atoms with E-state index >= 15 is 0 Å². The zero-order chi connectivity index (χ0) is 28.4. The molecule has 2 aliphatic heterocycles. The Balaban J connectivity index is 1.54. The molecule has 0 bridgehead atoms. The predicted octanol–water partition coefficient (Wildman–Crippen LogP) is 2.45. The number of carboxylic acid groups (broad SMARTS) is 1. The third-order valence-electron chi connectivity index (χ3n) is 6.29. The average molecular weight is 590 g/mol. The SMILES string of the molecule is CO/N=C(\C(=O)N[C@@H]1C(=O)N2C(C(=O)O)=C(Cc3c(C)cc(CSC(C)=O)cc3C)CS[C@H]12)c1csc(N)n1. The number of nitrogen functional groups attached to an aromatic ring is 1. The van der Waals surface area contributed by atoms with Crippen molar-refractivity contribution >= 4 is 68.6 Å². The van der Waals surface area contributed by atoms with Crippen LogP contribution in [-0.4, -0.2) is 67.9 Å². The van der Waals surface area contributed by atoms with Crippen LogP contribution in [0.5, 0.6) is 0 Å². The summed E-state index contributed by atoms with van der Waals surface area (Å²) in [6.45, 7) is 5.45. The summed E-state index contributed by atoms with van der Waals surface area (Å²) in [5.74, 6) is -1.44. The molecular weight excluding hydrogens is 563 g/mol. The fraction of sp³-hybridized carbons (Fsp3) is 0.360. The minimum Gasteiger partial charge on any atom is -0.477 e. The van der Waals surface area contributed by atoms with Gasteiger partial charge < -0.3 is 21.0 Å². The number of nitrogens with zero attached hydrogens (tertiary/aromatic N) is 3.